The zero-order chi connectivity index (χ0) is 34.9. The van der Waals surface area contributed by atoms with Crippen LogP contribution in [0.3, 0.4) is 0 Å². The van der Waals surface area contributed by atoms with E-state index in [0.717, 1.165) is 55.5 Å². The van der Waals surface area contributed by atoms with E-state index in [2.05, 4.69) is 193 Å². The number of hydrogen-bond acceptors (Lipinski definition) is 3. The Morgan fingerprint density at radius 2 is 1.04 bits per heavy atom. The summed E-state index contributed by atoms with van der Waals surface area (Å²) in [5, 5.41) is 9.79. The van der Waals surface area contributed by atoms with Crippen molar-refractivity contribution >= 4 is 92.1 Å². The summed E-state index contributed by atoms with van der Waals surface area (Å²) in [6.07, 6.45) is 0. The Labute approximate surface area is 310 Å². The van der Waals surface area contributed by atoms with Crippen LogP contribution in [0.25, 0.3) is 85.9 Å². The average molecular weight is 694 g/mol. The fraction of sp³-hybridized carbons (Fsp3) is 0. The minimum Gasteiger partial charge on any atom is -0.455 e. The topological polar surface area (TPSA) is 16.4 Å². The van der Waals surface area contributed by atoms with Gasteiger partial charge in [0, 0.05) is 53.4 Å². The minimum atomic E-state index is 0.895. The maximum Gasteiger partial charge on any atom is 0.143 e. The van der Waals surface area contributed by atoms with Gasteiger partial charge in [-0.1, -0.05) is 121 Å². The van der Waals surface area contributed by atoms with Gasteiger partial charge in [-0.15, -0.1) is 11.3 Å². The maximum absolute atomic E-state index is 6.67. The van der Waals surface area contributed by atoms with Crippen molar-refractivity contribution in [3.8, 4) is 22.3 Å². The molecule has 0 aliphatic carbocycles. The quantitative estimate of drug-likeness (QED) is 0.178. The van der Waals surface area contributed by atoms with Crippen LogP contribution < -0.4 is 4.90 Å². The average Bonchev–Trinajstić information content (AvgIpc) is 3.80. The molecule has 0 aliphatic rings. The number of para-hydroxylation sites is 1. The highest BCUT2D eigenvalue weighted by molar-refractivity contribution is 7.26. The first-order valence-corrected chi connectivity index (χ1v) is 18.8. The molecule has 9 aromatic carbocycles. The van der Waals surface area contributed by atoms with Gasteiger partial charge in [0.2, 0.25) is 0 Å². The van der Waals surface area contributed by atoms with Crippen molar-refractivity contribution in [3.05, 3.63) is 188 Å². The second kappa shape index (κ2) is 11.9. The molecule has 53 heavy (non-hydrogen) atoms. The van der Waals surface area contributed by atoms with Crippen LogP contribution in [0.2, 0.25) is 0 Å². The van der Waals surface area contributed by atoms with E-state index in [1.54, 1.807) is 0 Å². The lowest BCUT2D eigenvalue weighted by Gasteiger charge is -2.26. The van der Waals surface area contributed by atoms with Crippen LogP contribution in [0, 0.1) is 0 Å². The summed E-state index contributed by atoms with van der Waals surface area (Å²) in [7, 11) is 0. The number of thiophene rings is 1. The van der Waals surface area contributed by atoms with Crippen molar-refractivity contribution in [2.75, 3.05) is 4.90 Å². The standard InChI is InChI=1S/C50H31NOS/c1-3-11-33(12-4-1)43-31-44-41-26-21-35(29-46(41)52-50(44)42-18-10-9-17-40(42)43)32-19-23-37(24-20-32)51(36-14-5-2-6-15-36)38-25-28-47-45(30-38)49-39-16-8-7-13-34(39)22-27-48(49)53-47/h1-31H. The van der Waals surface area contributed by atoms with Crippen molar-refractivity contribution in [1.29, 1.82) is 0 Å². The molecule has 3 heteroatoms. The summed E-state index contributed by atoms with van der Waals surface area (Å²) >= 11 is 1.86. The molecule has 0 N–H and O–H groups in total. The van der Waals surface area contributed by atoms with Crippen LogP contribution in [0.15, 0.2) is 192 Å². The molecule has 0 amide bonds. The first kappa shape index (κ1) is 30.0. The summed E-state index contributed by atoms with van der Waals surface area (Å²) in [6.45, 7) is 0. The monoisotopic (exact) mass is 693 g/mol. The van der Waals surface area contributed by atoms with Gasteiger partial charge in [0.15, 0.2) is 0 Å². The third-order valence-electron chi connectivity index (χ3n) is 10.6. The van der Waals surface area contributed by atoms with Crippen LogP contribution in [0.4, 0.5) is 17.1 Å². The summed E-state index contributed by atoms with van der Waals surface area (Å²) in [4.78, 5) is 2.36. The molecule has 2 aromatic heterocycles. The Bertz CT molecular complexity index is 3160. The molecule has 0 aliphatic heterocycles. The second-order valence-electron chi connectivity index (χ2n) is 13.7. The molecule has 0 spiro atoms. The zero-order valence-electron chi connectivity index (χ0n) is 28.7. The number of anilines is 3. The van der Waals surface area contributed by atoms with Crippen molar-refractivity contribution in [1.82, 2.24) is 0 Å². The van der Waals surface area contributed by atoms with Crippen molar-refractivity contribution < 1.29 is 4.42 Å². The lowest BCUT2D eigenvalue weighted by atomic mass is 9.95. The molecular formula is C50H31NOS. The smallest absolute Gasteiger partial charge is 0.143 e. The molecule has 0 unspecified atom stereocenters. The Balaban J connectivity index is 1.01. The first-order chi connectivity index (χ1) is 26.3. The third kappa shape index (κ3) is 4.86. The summed E-state index contributed by atoms with van der Waals surface area (Å²) in [5.41, 5.74) is 9.89. The highest BCUT2D eigenvalue weighted by Crippen LogP contribution is 2.44. The van der Waals surface area contributed by atoms with Gasteiger partial charge in [0.1, 0.15) is 11.2 Å². The fourth-order valence-corrected chi connectivity index (χ4v) is 9.24. The van der Waals surface area contributed by atoms with Gasteiger partial charge in [-0.2, -0.15) is 0 Å². The predicted octanol–water partition coefficient (Wildman–Crippen LogP) is 15.1. The zero-order valence-corrected chi connectivity index (χ0v) is 29.5. The SMILES string of the molecule is c1ccc(-c2cc3c4ccc(-c5ccc(N(c6ccccc6)c6ccc7sc8ccc9ccccc9c8c7c6)cc5)cc4oc3c3ccccc23)cc1. The second-order valence-corrected chi connectivity index (χ2v) is 14.8. The Morgan fingerprint density at radius 1 is 0.377 bits per heavy atom. The predicted molar refractivity (Wildman–Crippen MR) is 227 cm³/mol. The first-order valence-electron chi connectivity index (χ1n) is 18.0. The molecule has 2 heterocycles. The van der Waals surface area contributed by atoms with Gasteiger partial charge in [-0.25, -0.2) is 0 Å². The van der Waals surface area contributed by atoms with Crippen LogP contribution in [-0.4, -0.2) is 0 Å². The lowest BCUT2D eigenvalue weighted by Crippen LogP contribution is -2.09. The molecular weight excluding hydrogens is 663 g/mol. The van der Waals surface area contributed by atoms with Crippen molar-refractivity contribution in [3.63, 3.8) is 0 Å². The Kier molecular flexibility index (Phi) is 6.76. The van der Waals surface area contributed by atoms with E-state index < -0.39 is 0 Å². The molecule has 0 atom stereocenters. The Morgan fingerprint density at radius 3 is 1.87 bits per heavy atom. The number of benzene rings is 9. The fourth-order valence-electron chi connectivity index (χ4n) is 8.14. The molecule has 0 fully saturated rings. The molecule has 0 saturated carbocycles. The van der Waals surface area contributed by atoms with Gasteiger partial charge in [-0.3, -0.25) is 0 Å². The highest BCUT2D eigenvalue weighted by Gasteiger charge is 2.18. The molecule has 0 saturated heterocycles. The molecule has 2 nitrogen and oxygen atoms in total. The van der Waals surface area contributed by atoms with Gasteiger partial charge in [-0.05, 0) is 105 Å². The number of rotatable bonds is 5. The van der Waals surface area contributed by atoms with Crippen LogP contribution in [-0.2, 0) is 0 Å². The largest absolute Gasteiger partial charge is 0.455 e. The van der Waals surface area contributed by atoms with Gasteiger partial charge in [0.05, 0.1) is 0 Å². The summed E-state index contributed by atoms with van der Waals surface area (Å²) in [6, 6.07) is 67.8. The molecule has 248 valence electrons. The van der Waals surface area contributed by atoms with E-state index in [-0.39, 0.29) is 0 Å². The molecule has 0 radical (unpaired) electrons. The lowest BCUT2D eigenvalue weighted by molar-refractivity contribution is 0.673. The van der Waals surface area contributed by atoms with E-state index in [0.29, 0.717) is 0 Å². The highest BCUT2D eigenvalue weighted by atomic mass is 32.1. The van der Waals surface area contributed by atoms with E-state index in [4.69, 9.17) is 4.42 Å². The van der Waals surface area contributed by atoms with Crippen LogP contribution >= 0.6 is 11.3 Å². The maximum atomic E-state index is 6.67. The van der Waals surface area contributed by atoms with E-state index >= 15 is 0 Å². The van der Waals surface area contributed by atoms with E-state index in [1.165, 1.54) is 47.5 Å². The summed E-state index contributed by atoms with van der Waals surface area (Å²) in [5.74, 6) is 0. The van der Waals surface area contributed by atoms with Crippen molar-refractivity contribution in [2.45, 2.75) is 0 Å². The number of fused-ring (bicyclic) bond motifs is 10. The van der Waals surface area contributed by atoms with Gasteiger partial charge < -0.3 is 9.32 Å². The van der Waals surface area contributed by atoms with Crippen LogP contribution in [0.1, 0.15) is 0 Å². The molecule has 11 aromatic rings. The van der Waals surface area contributed by atoms with E-state index in [1.807, 2.05) is 11.3 Å². The molecule has 0 bridgehead atoms. The third-order valence-corrected chi connectivity index (χ3v) is 11.8. The Hall–Kier alpha value is -6.68. The minimum absolute atomic E-state index is 0.895. The normalized spacial score (nSPS) is 11.8. The summed E-state index contributed by atoms with van der Waals surface area (Å²) < 4.78 is 9.29. The van der Waals surface area contributed by atoms with Crippen LogP contribution in [0.5, 0.6) is 0 Å². The van der Waals surface area contributed by atoms with Gasteiger partial charge in [0.25, 0.3) is 0 Å². The van der Waals surface area contributed by atoms with E-state index in [9.17, 15) is 0 Å². The van der Waals surface area contributed by atoms with Gasteiger partial charge >= 0.3 is 0 Å². The number of furan rings is 1. The van der Waals surface area contributed by atoms with Crippen molar-refractivity contribution in [2.24, 2.45) is 0 Å². The molecule has 11 rings (SSSR count). The number of hydrogen-bond donors (Lipinski definition) is 0. The number of nitrogens with zero attached hydrogens (tertiary/aromatic N) is 1.